The Morgan fingerprint density at radius 3 is 2.31 bits per heavy atom. The summed E-state index contributed by atoms with van der Waals surface area (Å²) in [6.07, 6.45) is 3.51. The molecule has 142 valence electrons. The van der Waals surface area contributed by atoms with Crippen molar-refractivity contribution in [2.45, 2.75) is 36.9 Å². The van der Waals surface area contributed by atoms with Gasteiger partial charge in [-0.1, -0.05) is 25.4 Å². The topological polar surface area (TPSA) is 53.4 Å². The van der Waals surface area contributed by atoms with Gasteiger partial charge in [-0.25, -0.2) is 4.98 Å². The average Bonchev–Trinajstić information content (AvgIpc) is 3.09. The molecule has 0 fully saturated rings. The smallest absolute Gasteiger partial charge is 0.303 e. The summed E-state index contributed by atoms with van der Waals surface area (Å²) in [6, 6.07) is 6.60. The van der Waals surface area contributed by atoms with Crippen LogP contribution in [0.1, 0.15) is 20.8 Å². The molecule has 0 saturated heterocycles. The van der Waals surface area contributed by atoms with Gasteiger partial charge in [0.1, 0.15) is 10.6 Å². The van der Waals surface area contributed by atoms with Crippen LogP contribution in [0.2, 0.25) is 5.02 Å². The van der Waals surface area contributed by atoms with Crippen molar-refractivity contribution in [1.29, 1.82) is 0 Å². The summed E-state index contributed by atoms with van der Waals surface area (Å²) in [6.45, 7) is 4.73. The van der Waals surface area contributed by atoms with E-state index in [4.69, 9.17) is 55.9 Å². The monoisotopic (exact) mass is 438 g/mol. The molecule has 26 heavy (non-hydrogen) atoms. The quantitative estimate of drug-likeness (QED) is 0.438. The third kappa shape index (κ3) is 4.58. The van der Waals surface area contributed by atoms with Crippen molar-refractivity contribution in [2.24, 2.45) is 5.41 Å². The largest absolute Gasteiger partial charge is 0.454 e. The zero-order valence-electron chi connectivity index (χ0n) is 14.3. The van der Waals surface area contributed by atoms with Crippen molar-refractivity contribution < 1.29 is 14.3 Å². The predicted molar refractivity (Wildman–Crippen MR) is 103 cm³/mol. The first-order valence-electron chi connectivity index (χ1n) is 7.64. The van der Waals surface area contributed by atoms with Crippen LogP contribution in [0.5, 0.6) is 5.75 Å². The predicted octanol–water partition coefficient (Wildman–Crippen LogP) is 5.23. The fraction of sp³-hybridized carbons (Fsp3) is 0.412. The number of ether oxygens (including phenoxy) is 2. The minimum absolute atomic E-state index is 0.409. The minimum Gasteiger partial charge on any atom is -0.454 e. The van der Waals surface area contributed by atoms with Gasteiger partial charge >= 0.3 is 11.2 Å². The van der Waals surface area contributed by atoms with Crippen LogP contribution < -0.4 is 4.74 Å². The second-order valence-electron chi connectivity index (χ2n) is 6.25. The number of hydrogen-bond donors (Lipinski definition) is 0. The van der Waals surface area contributed by atoms with Gasteiger partial charge in [0.25, 0.3) is 0 Å². The molecular weight excluding hydrogens is 422 g/mol. The molecule has 0 spiro atoms. The number of alkyl halides is 3. The summed E-state index contributed by atoms with van der Waals surface area (Å²) in [5, 5.41) is -1.15. The molecule has 0 N–H and O–H groups in total. The van der Waals surface area contributed by atoms with Crippen LogP contribution in [0.25, 0.3) is 0 Å². The molecule has 5 nitrogen and oxygen atoms in total. The van der Waals surface area contributed by atoms with Crippen molar-refractivity contribution >= 4 is 52.4 Å². The summed E-state index contributed by atoms with van der Waals surface area (Å²) >= 11 is 25.1. The van der Waals surface area contributed by atoms with Crippen LogP contribution >= 0.6 is 46.4 Å². The van der Waals surface area contributed by atoms with Crippen LogP contribution in [0, 0.1) is 5.41 Å². The Labute approximate surface area is 172 Å². The van der Waals surface area contributed by atoms with E-state index in [9.17, 15) is 4.79 Å². The number of hydrogen-bond acceptors (Lipinski definition) is 4. The molecule has 0 radical (unpaired) electrons. The van der Waals surface area contributed by atoms with E-state index >= 15 is 0 Å². The molecule has 1 heterocycles. The van der Waals surface area contributed by atoms with Crippen molar-refractivity contribution in [3.05, 3.63) is 48.0 Å². The van der Waals surface area contributed by atoms with Crippen molar-refractivity contribution in [1.82, 2.24) is 9.55 Å². The van der Waals surface area contributed by atoms with E-state index in [1.165, 1.54) is 24.0 Å². The van der Waals surface area contributed by atoms with Gasteiger partial charge in [-0.05, 0) is 35.9 Å². The Morgan fingerprint density at radius 2 is 1.85 bits per heavy atom. The standard InChI is InChI=1S/C17H18Cl4N2O3/c1-11(24)25-14(16(2,3)15(19)20)17(21,23-9-8-22-10-23)26-13-6-4-12(18)5-7-13/h4-10,14-15H,1-3H3. The normalized spacial score (nSPS) is 15.4. The first-order valence-corrected chi connectivity index (χ1v) is 9.27. The lowest BCUT2D eigenvalue weighted by Gasteiger charge is -2.43. The van der Waals surface area contributed by atoms with E-state index in [1.807, 2.05) is 0 Å². The summed E-state index contributed by atoms with van der Waals surface area (Å²) in [4.78, 5) is 14.9. The van der Waals surface area contributed by atoms with Crippen LogP contribution in [0.15, 0.2) is 43.0 Å². The maximum absolute atomic E-state index is 11.8. The third-order valence-corrected chi connectivity index (χ3v) is 5.62. The van der Waals surface area contributed by atoms with Crippen LogP contribution in [-0.4, -0.2) is 26.5 Å². The Hall–Kier alpha value is -1.14. The summed E-state index contributed by atoms with van der Waals surface area (Å²) in [5.41, 5.74) is -0.965. The van der Waals surface area contributed by atoms with Gasteiger partial charge < -0.3 is 9.47 Å². The minimum atomic E-state index is -1.69. The van der Waals surface area contributed by atoms with Gasteiger partial charge in [-0.3, -0.25) is 9.36 Å². The maximum Gasteiger partial charge on any atom is 0.303 e. The van der Waals surface area contributed by atoms with E-state index in [0.717, 1.165) is 0 Å². The fourth-order valence-electron chi connectivity index (χ4n) is 2.31. The third-order valence-electron chi connectivity index (χ3n) is 3.78. The lowest BCUT2D eigenvalue weighted by atomic mass is 9.86. The van der Waals surface area contributed by atoms with Gasteiger partial charge in [0.15, 0.2) is 6.10 Å². The molecule has 0 bridgehead atoms. The number of nitrogens with zero attached hydrogens (tertiary/aromatic N) is 2. The zero-order chi connectivity index (χ0) is 19.5. The Kier molecular flexibility index (Phi) is 6.72. The van der Waals surface area contributed by atoms with Gasteiger partial charge in [0.05, 0.1) is 6.33 Å². The van der Waals surface area contributed by atoms with Crippen LogP contribution in [0.4, 0.5) is 0 Å². The highest BCUT2D eigenvalue weighted by Gasteiger charge is 2.54. The number of benzene rings is 1. The highest BCUT2D eigenvalue weighted by atomic mass is 35.5. The molecule has 1 aromatic heterocycles. The van der Waals surface area contributed by atoms with E-state index in [2.05, 4.69) is 4.98 Å². The van der Waals surface area contributed by atoms with E-state index in [-0.39, 0.29) is 0 Å². The fourth-order valence-corrected chi connectivity index (χ4v) is 3.18. The molecule has 2 rings (SSSR count). The summed E-state index contributed by atoms with van der Waals surface area (Å²) in [7, 11) is 0. The second kappa shape index (κ2) is 8.26. The molecule has 9 heteroatoms. The number of rotatable bonds is 7. The van der Waals surface area contributed by atoms with E-state index in [0.29, 0.717) is 10.8 Å². The molecule has 0 aliphatic rings. The number of esters is 1. The molecule has 2 unspecified atom stereocenters. The van der Waals surface area contributed by atoms with Crippen molar-refractivity contribution in [2.75, 3.05) is 0 Å². The molecule has 0 aliphatic heterocycles. The molecule has 1 aromatic carbocycles. The van der Waals surface area contributed by atoms with Crippen LogP contribution in [0.3, 0.4) is 0 Å². The number of carbonyl (C=O) groups is 1. The first kappa shape index (κ1) is 21.2. The Morgan fingerprint density at radius 1 is 1.23 bits per heavy atom. The maximum atomic E-state index is 11.8. The molecule has 2 atom stereocenters. The number of imidazole rings is 1. The van der Waals surface area contributed by atoms with E-state index in [1.54, 1.807) is 44.3 Å². The van der Waals surface area contributed by atoms with Crippen LogP contribution in [-0.2, 0) is 14.7 Å². The molecule has 0 saturated carbocycles. The second-order valence-corrected chi connectivity index (χ2v) is 8.32. The zero-order valence-corrected chi connectivity index (χ0v) is 17.4. The molecule has 2 aromatic rings. The number of aromatic nitrogens is 2. The molecule has 0 amide bonds. The van der Waals surface area contributed by atoms with Gasteiger partial charge in [-0.2, -0.15) is 0 Å². The van der Waals surface area contributed by atoms with Gasteiger partial charge in [0, 0.05) is 29.8 Å². The summed E-state index contributed by atoms with van der Waals surface area (Å²) in [5.74, 6) is -0.145. The highest BCUT2D eigenvalue weighted by molar-refractivity contribution is 6.44. The van der Waals surface area contributed by atoms with Gasteiger partial charge in [0.2, 0.25) is 0 Å². The molecular formula is C17H18Cl4N2O3. The Bertz CT molecular complexity index is 735. The Balaban J connectivity index is 2.56. The lowest BCUT2D eigenvalue weighted by molar-refractivity contribution is -0.173. The van der Waals surface area contributed by atoms with Crippen molar-refractivity contribution in [3.8, 4) is 5.75 Å². The number of halogens is 4. The average molecular weight is 440 g/mol. The summed E-state index contributed by atoms with van der Waals surface area (Å²) < 4.78 is 13.0. The lowest BCUT2D eigenvalue weighted by Crippen LogP contribution is -2.55. The number of carbonyl (C=O) groups excluding carboxylic acids is 1. The van der Waals surface area contributed by atoms with E-state index < -0.39 is 27.5 Å². The van der Waals surface area contributed by atoms with Gasteiger partial charge in [-0.15, -0.1) is 23.2 Å². The SMILES string of the molecule is CC(=O)OC(C(C)(C)C(Cl)Cl)C(Cl)(Oc1ccc(Cl)cc1)n1ccnc1. The molecule has 0 aliphatic carbocycles. The van der Waals surface area contributed by atoms with Crippen molar-refractivity contribution in [3.63, 3.8) is 0 Å². The highest BCUT2D eigenvalue weighted by Crippen LogP contribution is 2.45. The first-order chi connectivity index (χ1) is 12.1.